The highest BCUT2D eigenvalue weighted by molar-refractivity contribution is 6.54. The van der Waals surface area contributed by atoms with Gasteiger partial charge in [-0.15, -0.1) is 0 Å². The molecule has 0 radical (unpaired) electrons. The first-order valence-electron chi connectivity index (χ1n) is 6.19. The molecule has 2 aromatic rings. The van der Waals surface area contributed by atoms with Crippen LogP contribution in [-0.4, -0.2) is 18.7 Å². The minimum absolute atomic E-state index is 0.0514. The molecule has 0 aromatic heterocycles. The van der Waals surface area contributed by atoms with E-state index in [0.29, 0.717) is 5.71 Å². The van der Waals surface area contributed by atoms with Gasteiger partial charge in [-0.3, -0.25) is 4.79 Å². The highest BCUT2D eigenvalue weighted by Gasteiger charge is 2.31. The van der Waals surface area contributed by atoms with E-state index >= 15 is 0 Å². The van der Waals surface area contributed by atoms with E-state index in [1.54, 1.807) is 11.9 Å². The van der Waals surface area contributed by atoms with Gasteiger partial charge in [-0.05, 0) is 31.2 Å². The molecule has 3 rings (SSSR count). The van der Waals surface area contributed by atoms with Crippen LogP contribution in [0.2, 0.25) is 0 Å². The first-order valence-corrected chi connectivity index (χ1v) is 6.19. The monoisotopic (exact) mass is 250 g/mol. The lowest BCUT2D eigenvalue weighted by atomic mass is 10.1. The molecule has 3 heteroatoms. The van der Waals surface area contributed by atoms with Crippen molar-refractivity contribution in [3.05, 3.63) is 59.7 Å². The Hall–Kier alpha value is -2.42. The summed E-state index contributed by atoms with van der Waals surface area (Å²) in [5.41, 5.74) is 4.28. The lowest BCUT2D eigenvalue weighted by Gasteiger charge is -2.08. The van der Waals surface area contributed by atoms with E-state index in [9.17, 15) is 4.79 Å². The zero-order valence-corrected chi connectivity index (χ0v) is 10.9. The third-order valence-electron chi connectivity index (χ3n) is 3.27. The molecule has 0 unspecified atom stereocenters. The number of likely N-dealkylation sites (N-methyl/N-ethyl adjacent to an activating group) is 1. The van der Waals surface area contributed by atoms with E-state index in [2.05, 4.69) is 4.99 Å². The lowest BCUT2D eigenvalue weighted by molar-refractivity contribution is -0.111. The van der Waals surface area contributed by atoms with Gasteiger partial charge in [0.1, 0.15) is 5.71 Å². The quantitative estimate of drug-likeness (QED) is 0.765. The van der Waals surface area contributed by atoms with E-state index in [1.165, 1.54) is 0 Å². The molecule has 0 N–H and O–H groups in total. The van der Waals surface area contributed by atoms with Crippen molar-refractivity contribution >= 4 is 23.0 Å². The van der Waals surface area contributed by atoms with Gasteiger partial charge in [0.25, 0.3) is 5.91 Å². The van der Waals surface area contributed by atoms with E-state index in [4.69, 9.17) is 0 Å². The van der Waals surface area contributed by atoms with Crippen molar-refractivity contribution in [2.45, 2.75) is 6.92 Å². The Morgan fingerprint density at radius 1 is 1.05 bits per heavy atom. The number of para-hydroxylation sites is 1. The van der Waals surface area contributed by atoms with E-state index in [0.717, 1.165) is 22.5 Å². The molecule has 94 valence electrons. The van der Waals surface area contributed by atoms with Crippen LogP contribution in [0.4, 0.5) is 11.4 Å². The predicted molar refractivity (Wildman–Crippen MR) is 77.2 cm³/mol. The number of aryl methyl sites for hydroxylation is 1. The molecule has 0 saturated carbocycles. The van der Waals surface area contributed by atoms with Gasteiger partial charge in [0, 0.05) is 12.6 Å². The SMILES string of the molecule is Cc1ccc2c(c1)/C(=N/c1ccccc1)C(=O)N2C. The number of amides is 1. The molecule has 0 saturated heterocycles. The summed E-state index contributed by atoms with van der Waals surface area (Å²) in [7, 11) is 1.78. The number of fused-ring (bicyclic) bond motifs is 1. The van der Waals surface area contributed by atoms with Crippen molar-refractivity contribution in [1.29, 1.82) is 0 Å². The Labute approximate surface area is 112 Å². The number of nitrogens with zero attached hydrogens (tertiary/aromatic N) is 2. The van der Waals surface area contributed by atoms with Crippen molar-refractivity contribution in [2.24, 2.45) is 4.99 Å². The van der Waals surface area contributed by atoms with Gasteiger partial charge in [0.2, 0.25) is 0 Å². The Balaban J connectivity index is 2.16. The summed E-state index contributed by atoms with van der Waals surface area (Å²) in [6.07, 6.45) is 0. The maximum atomic E-state index is 12.3. The summed E-state index contributed by atoms with van der Waals surface area (Å²) in [5.74, 6) is -0.0514. The van der Waals surface area contributed by atoms with Crippen LogP contribution >= 0.6 is 0 Å². The van der Waals surface area contributed by atoms with Gasteiger partial charge in [-0.1, -0.05) is 29.8 Å². The number of rotatable bonds is 1. The number of carbonyl (C=O) groups excluding carboxylic acids is 1. The Morgan fingerprint density at radius 3 is 2.53 bits per heavy atom. The molecule has 2 aromatic carbocycles. The van der Waals surface area contributed by atoms with Gasteiger partial charge >= 0.3 is 0 Å². The lowest BCUT2D eigenvalue weighted by Crippen LogP contribution is -2.25. The molecular weight excluding hydrogens is 236 g/mol. The summed E-state index contributed by atoms with van der Waals surface area (Å²) in [5, 5.41) is 0. The second-order valence-electron chi connectivity index (χ2n) is 4.68. The normalized spacial score (nSPS) is 16.0. The van der Waals surface area contributed by atoms with Gasteiger partial charge in [-0.25, -0.2) is 4.99 Å². The molecule has 0 atom stereocenters. The molecule has 0 spiro atoms. The van der Waals surface area contributed by atoms with Gasteiger partial charge in [0.15, 0.2) is 0 Å². The molecule has 0 aliphatic carbocycles. The highest BCUT2D eigenvalue weighted by atomic mass is 16.2. The van der Waals surface area contributed by atoms with Crippen molar-refractivity contribution in [3.8, 4) is 0 Å². The zero-order valence-electron chi connectivity index (χ0n) is 10.9. The number of benzene rings is 2. The first-order chi connectivity index (χ1) is 9.16. The zero-order chi connectivity index (χ0) is 13.4. The van der Waals surface area contributed by atoms with Crippen LogP contribution in [0.5, 0.6) is 0 Å². The first kappa shape index (κ1) is 11.7. The maximum absolute atomic E-state index is 12.3. The molecule has 1 aliphatic heterocycles. The molecular formula is C16H14N2O. The fraction of sp³-hybridized carbons (Fsp3) is 0.125. The van der Waals surface area contributed by atoms with Crippen LogP contribution in [0, 0.1) is 6.92 Å². The average Bonchev–Trinajstić information content (AvgIpc) is 2.65. The minimum atomic E-state index is -0.0514. The largest absolute Gasteiger partial charge is 0.309 e. The Kier molecular flexibility index (Phi) is 2.67. The van der Waals surface area contributed by atoms with Crippen molar-refractivity contribution < 1.29 is 4.79 Å². The summed E-state index contributed by atoms with van der Waals surface area (Å²) in [6.45, 7) is 2.02. The third-order valence-corrected chi connectivity index (χ3v) is 3.27. The summed E-state index contributed by atoms with van der Waals surface area (Å²) >= 11 is 0. The van der Waals surface area contributed by atoms with Gasteiger partial charge < -0.3 is 4.90 Å². The standard InChI is InChI=1S/C16H14N2O/c1-11-8-9-14-13(10-11)15(16(19)18(14)2)17-12-6-4-3-5-7-12/h3-10H,1-2H3/b17-15-. The van der Waals surface area contributed by atoms with Crippen LogP contribution < -0.4 is 4.90 Å². The minimum Gasteiger partial charge on any atom is -0.309 e. The molecule has 1 aliphatic rings. The topological polar surface area (TPSA) is 32.7 Å². The fourth-order valence-electron chi connectivity index (χ4n) is 2.26. The number of carbonyl (C=O) groups is 1. The maximum Gasteiger partial charge on any atom is 0.277 e. The van der Waals surface area contributed by atoms with Crippen LogP contribution in [0.15, 0.2) is 53.5 Å². The van der Waals surface area contributed by atoms with E-state index in [1.807, 2.05) is 55.5 Å². The number of hydrogen-bond donors (Lipinski definition) is 0. The van der Waals surface area contributed by atoms with Crippen LogP contribution in [0.25, 0.3) is 0 Å². The molecule has 0 bridgehead atoms. The second-order valence-corrected chi connectivity index (χ2v) is 4.68. The summed E-state index contributed by atoms with van der Waals surface area (Å²) in [6, 6.07) is 15.6. The van der Waals surface area contributed by atoms with E-state index < -0.39 is 0 Å². The molecule has 1 amide bonds. The van der Waals surface area contributed by atoms with Crippen LogP contribution in [0.3, 0.4) is 0 Å². The highest BCUT2D eigenvalue weighted by Crippen LogP contribution is 2.30. The van der Waals surface area contributed by atoms with Gasteiger partial charge in [0.05, 0.1) is 11.4 Å². The average molecular weight is 250 g/mol. The Morgan fingerprint density at radius 2 is 1.79 bits per heavy atom. The van der Waals surface area contributed by atoms with Gasteiger partial charge in [-0.2, -0.15) is 0 Å². The van der Waals surface area contributed by atoms with Crippen LogP contribution in [0.1, 0.15) is 11.1 Å². The predicted octanol–water partition coefficient (Wildman–Crippen LogP) is 3.09. The van der Waals surface area contributed by atoms with Crippen LogP contribution in [-0.2, 0) is 4.79 Å². The summed E-state index contributed by atoms with van der Waals surface area (Å²) < 4.78 is 0. The molecule has 1 heterocycles. The fourth-order valence-corrected chi connectivity index (χ4v) is 2.26. The van der Waals surface area contributed by atoms with Crippen molar-refractivity contribution in [3.63, 3.8) is 0 Å². The molecule has 3 nitrogen and oxygen atoms in total. The summed E-state index contributed by atoms with van der Waals surface area (Å²) in [4.78, 5) is 18.4. The second kappa shape index (κ2) is 4.35. The molecule has 0 fully saturated rings. The third kappa shape index (κ3) is 1.93. The number of aliphatic imine (C=N–C) groups is 1. The molecule has 19 heavy (non-hydrogen) atoms. The smallest absolute Gasteiger partial charge is 0.277 e. The van der Waals surface area contributed by atoms with Crippen molar-refractivity contribution in [2.75, 3.05) is 11.9 Å². The number of anilines is 1. The Bertz CT molecular complexity index is 674. The number of hydrogen-bond acceptors (Lipinski definition) is 2. The van der Waals surface area contributed by atoms with E-state index in [-0.39, 0.29) is 5.91 Å². The van der Waals surface area contributed by atoms with Crippen molar-refractivity contribution in [1.82, 2.24) is 0 Å².